The smallest absolute Gasteiger partial charge is 0.123 e. The predicted molar refractivity (Wildman–Crippen MR) is 85.3 cm³/mol. The largest absolute Gasteiger partial charge is 0.507 e. The van der Waals surface area contributed by atoms with Gasteiger partial charge in [-0.15, -0.1) is 0 Å². The SMILES string of the molecule is CC(C)C(O)CC(C)(C)c1cccc(C(C)(C)C)c1O. The van der Waals surface area contributed by atoms with E-state index in [4.69, 9.17) is 0 Å². The van der Waals surface area contributed by atoms with E-state index in [2.05, 4.69) is 34.6 Å². The second-order valence-electron chi connectivity index (χ2n) is 7.85. The molecule has 0 aliphatic rings. The number of phenols is 1. The van der Waals surface area contributed by atoms with Gasteiger partial charge in [-0.1, -0.05) is 66.7 Å². The maximum atomic E-state index is 10.6. The predicted octanol–water partition coefficient (Wildman–Crippen LogP) is 4.37. The average Bonchev–Trinajstić information content (AvgIpc) is 2.26. The molecule has 0 amide bonds. The maximum absolute atomic E-state index is 10.6. The van der Waals surface area contributed by atoms with E-state index in [1.807, 2.05) is 32.0 Å². The van der Waals surface area contributed by atoms with E-state index >= 15 is 0 Å². The summed E-state index contributed by atoms with van der Waals surface area (Å²) in [6.45, 7) is 14.5. The van der Waals surface area contributed by atoms with Crippen LogP contribution in [-0.4, -0.2) is 16.3 Å². The number of para-hydroxylation sites is 1. The standard InChI is InChI=1S/C18H30O2/c1-12(2)15(19)11-18(6,7)14-10-8-9-13(16(14)20)17(3,4)5/h8-10,12,15,19-20H,11H2,1-7H3. The Kier molecular flexibility index (Phi) is 4.91. The fourth-order valence-corrected chi connectivity index (χ4v) is 2.56. The number of aliphatic hydroxyl groups is 1. The second kappa shape index (κ2) is 5.77. The molecule has 0 saturated carbocycles. The molecule has 1 aromatic rings. The number of hydrogen-bond acceptors (Lipinski definition) is 2. The van der Waals surface area contributed by atoms with E-state index in [9.17, 15) is 10.2 Å². The monoisotopic (exact) mass is 278 g/mol. The van der Waals surface area contributed by atoms with Crippen molar-refractivity contribution in [2.45, 2.75) is 71.8 Å². The molecule has 0 spiro atoms. The minimum Gasteiger partial charge on any atom is -0.507 e. The van der Waals surface area contributed by atoms with Gasteiger partial charge in [0.2, 0.25) is 0 Å². The highest BCUT2D eigenvalue weighted by atomic mass is 16.3. The Labute approximate surface area is 123 Å². The Hall–Kier alpha value is -1.02. The zero-order valence-electron chi connectivity index (χ0n) is 14.0. The van der Waals surface area contributed by atoms with Crippen LogP contribution in [0.15, 0.2) is 18.2 Å². The van der Waals surface area contributed by atoms with Crippen LogP contribution in [0.4, 0.5) is 0 Å². The molecule has 0 aliphatic heterocycles. The molecule has 0 aliphatic carbocycles. The van der Waals surface area contributed by atoms with Gasteiger partial charge in [-0.2, -0.15) is 0 Å². The van der Waals surface area contributed by atoms with E-state index in [0.717, 1.165) is 11.1 Å². The molecule has 2 nitrogen and oxygen atoms in total. The lowest BCUT2D eigenvalue weighted by atomic mass is 9.75. The Balaban J connectivity index is 3.19. The molecule has 20 heavy (non-hydrogen) atoms. The van der Waals surface area contributed by atoms with Crippen molar-refractivity contribution >= 4 is 0 Å². The van der Waals surface area contributed by atoms with E-state index in [-0.39, 0.29) is 22.9 Å². The summed E-state index contributed by atoms with van der Waals surface area (Å²) < 4.78 is 0. The third-order valence-electron chi connectivity index (χ3n) is 4.06. The Morgan fingerprint density at radius 2 is 1.50 bits per heavy atom. The molecule has 2 N–H and O–H groups in total. The fraction of sp³-hybridized carbons (Fsp3) is 0.667. The number of benzene rings is 1. The van der Waals surface area contributed by atoms with Gasteiger partial charge >= 0.3 is 0 Å². The Bertz CT molecular complexity index is 453. The lowest BCUT2D eigenvalue weighted by molar-refractivity contribution is 0.0938. The van der Waals surface area contributed by atoms with Crippen LogP contribution < -0.4 is 0 Å². The number of hydrogen-bond donors (Lipinski definition) is 2. The molecule has 2 heteroatoms. The summed E-state index contributed by atoms with van der Waals surface area (Å²) >= 11 is 0. The zero-order valence-corrected chi connectivity index (χ0v) is 14.0. The maximum Gasteiger partial charge on any atom is 0.123 e. The number of aliphatic hydroxyl groups excluding tert-OH is 1. The van der Waals surface area contributed by atoms with Crippen molar-refractivity contribution in [2.24, 2.45) is 5.92 Å². The summed E-state index contributed by atoms with van der Waals surface area (Å²) in [5.41, 5.74) is 1.54. The van der Waals surface area contributed by atoms with Crippen LogP contribution in [0.5, 0.6) is 5.75 Å². The minimum atomic E-state index is -0.359. The lowest BCUT2D eigenvalue weighted by Crippen LogP contribution is -2.28. The van der Waals surface area contributed by atoms with Gasteiger partial charge in [0, 0.05) is 0 Å². The van der Waals surface area contributed by atoms with Gasteiger partial charge in [0.05, 0.1) is 6.10 Å². The van der Waals surface area contributed by atoms with Gasteiger partial charge in [-0.05, 0) is 34.3 Å². The van der Waals surface area contributed by atoms with E-state index < -0.39 is 0 Å². The second-order valence-corrected chi connectivity index (χ2v) is 7.85. The third kappa shape index (κ3) is 3.76. The third-order valence-corrected chi connectivity index (χ3v) is 4.06. The molecule has 0 fully saturated rings. The van der Waals surface area contributed by atoms with Crippen LogP contribution in [0.25, 0.3) is 0 Å². The van der Waals surface area contributed by atoms with Crippen LogP contribution >= 0.6 is 0 Å². The number of aromatic hydroxyl groups is 1. The zero-order chi connectivity index (χ0) is 15.7. The van der Waals surface area contributed by atoms with Crippen LogP contribution in [0.3, 0.4) is 0 Å². The van der Waals surface area contributed by atoms with Crippen molar-refractivity contribution < 1.29 is 10.2 Å². The number of phenolic OH excluding ortho intramolecular Hbond substituents is 1. The van der Waals surface area contributed by atoms with Crippen molar-refractivity contribution in [1.29, 1.82) is 0 Å². The molecule has 0 heterocycles. The molecule has 0 radical (unpaired) electrons. The molecule has 0 aromatic heterocycles. The summed E-state index contributed by atoms with van der Waals surface area (Å²) in [6, 6.07) is 5.95. The van der Waals surface area contributed by atoms with Gasteiger partial charge in [0.1, 0.15) is 5.75 Å². The van der Waals surface area contributed by atoms with Crippen LogP contribution in [0.2, 0.25) is 0 Å². The highest BCUT2D eigenvalue weighted by Gasteiger charge is 2.30. The molecule has 0 saturated heterocycles. The van der Waals surface area contributed by atoms with Crippen molar-refractivity contribution in [3.8, 4) is 5.75 Å². The van der Waals surface area contributed by atoms with E-state index in [1.165, 1.54) is 0 Å². The first-order valence-electron chi connectivity index (χ1n) is 7.48. The Morgan fingerprint density at radius 1 is 1.00 bits per heavy atom. The fourth-order valence-electron chi connectivity index (χ4n) is 2.56. The first-order chi connectivity index (χ1) is 8.97. The van der Waals surface area contributed by atoms with Gasteiger partial charge in [-0.3, -0.25) is 0 Å². The molecule has 1 rings (SSSR count). The van der Waals surface area contributed by atoms with Crippen LogP contribution in [-0.2, 0) is 10.8 Å². The summed E-state index contributed by atoms with van der Waals surface area (Å²) in [4.78, 5) is 0. The molecule has 1 aromatic carbocycles. The summed E-state index contributed by atoms with van der Waals surface area (Å²) in [7, 11) is 0. The van der Waals surface area contributed by atoms with Gasteiger partial charge in [-0.25, -0.2) is 0 Å². The number of rotatable bonds is 4. The van der Waals surface area contributed by atoms with Crippen molar-refractivity contribution in [2.75, 3.05) is 0 Å². The lowest BCUT2D eigenvalue weighted by Gasteiger charge is -2.32. The van der Waals surface area contributed by atoms with Crippen LogP contribution in [0, 0.1) is 5.92 Å². The normalized spacial score (nSPS) is 14.7. The summed E-state index contributed by atoms with van der Waals surface area (Å²) in [5, 5.41) is 20.8. The molecule has 0 bridgehead atoms. The average molecular weight is 278 g/mol. The summed E-state index contributed by atoms with van der Waals surface area (Å²) in [6.07, 6.45) is 0.286. The first-order valence-corrected chi connectivity index (χ1v) is 7.48. The molecule has 114 valence electrons. The van der Waals surface area contributed by atoms with Crippen molar-refractivity contribution in [3.63, 3.8) is 0 Å². The molecular formula is C18H30O2. The van der Waals surface area contributed by atoms with Crippen molar-refractivity contribution in [1.82, 2.24) is 0 Å². The topological polar surface area (TPSA) is 40.5 Å². The van der Waals surface area contributed by atoms with Crippen LogP contribution in [0.1, 0.15) is 66.0 Å². The molecular weight excluding hydrogens is 248 g/mol. The molecule has 1 unspecified atom stereocenters. The van der Waals surface area contributed by atoms with Crippen molar-refractivity contribution in [3.05, 3.63) is 29.3 Å². The quantitative estimate of drug-likeness (QED) is 0.858. The highest BCUT2D eigenvalue weighted by molar-refractivity contribution is 5.47. The van der Waals surface area contributed by atoms with Gasteiger partial charge in [0.25, 0.3) is 0 Å². The first kappa shape index (κ1) is 17.0. The highest BCUT2D eigenvalue weighted by Crippen LogP contribution is 2.41. The summed E-state index contributed by atoms with van der Waals surface area (Å²) in [5.74, 6) is 0.600. The van der Waals surface area contributed by atoms with E-state index in [0.29, 0.717) is 12.2 Å². The molecule has 1 atom stereocenters. The Morgan fingerprint density at radius 3 is 1.95 bits per heavy atom. The van der Waals surface area contributed by atoms with Gasteiger partial charge < -0.3 is 10.2 Å². The van der Waals surface area contributed by atoms with Gasteiger partial charge in [0.15, 0.2) is 0 Å². The van der Waals surface area contributed by atoms with E-state index in [1.54, 1.807) is 0 Å². The minimum absolute atomic E-state index is 0.0904.